The molecule has 0 spiro atoms. The maximum atomic E-state index is 12.8. The highest BCUT2D eigenvalue weighted by Gasteiger charge is 2.53. The monoisotopic (exact) mass is 307 g/mol. The number of amides is 3. The van der Waals surface area contributed by atoms with E-state index in [-0.39, 0.29) is 5.91 Å². The zero-order chi connectivity index (χ0) is 16.8. The van der Waals surface area contributed by atoms with E-state index in [1.807, 2.05) is 0 Å². The fourth-order valence-corrected chi connectivity index (χ4v) is 2.93. The SMILES string of the molecule is C=CCC(N)(CC=C)N1C(=O)NC(C)(CCCCCC)C1=O. The lowest BCUT2D eigenvalue weighted by atomic mass is 9.92. The number of nitrogens with two attached hydrogens (primary N) is 1. The van der Waals surface area contributed by atoms with Crippen molar-refractivity contribution >= 4 is 11.9 Å². The minimum atomic E-state index is -1.09. The molecule has 1 aliphatic rings. The summed E-state index contributed by atoms with van der Waals surface area (Å²) in [6.07, 6.45) is 8.79. The summed E-state index contributed by atoms with van der Waals surface area (Å²) in [6, 6.07) is -0.422. The van der Waals surface area contributed by atoms with Crippen LogP contribution in [0.25, 0.3) is 0 Å². The summed E-state index contributed by atoms with van der Waals surface area (Å²) >= 11 is 0. The second-order valence-corrected chi connectivity index (χ2v) is 6.30. The molecular formula is C17H29N3O2. The highest BCUT2D eigenvalue weighted by atomic mass is 16.2. The standard InChI is InChI=1S/C17H29N3O2/c1-5-8-9-10-13-16(4)14(21)20(15(22)19-16)17(18,11-6-2)12-7-3/h6-7H,2-3,5,8-13,18H2,1,4H3,(H,19,22). The smallest absolute Gasteiger partial charge is 0.323 e. The number of unbranched alkanes of at least 4 members (excludes halogenated alkanes) is 3. The van der Waals surface area contributed by atoms with Crippen LogP contribution in [0.4, 0.5) is 4.79 Å². The molecule has 0 aromatic heterocycles. The molecule has 1 rings (SSSR count). The minimum absolute atomic E-state index is 0.250. The van der Waals surface area contributed by atoms with Gasteiger partial charge in [0.05, 0.1) is 0 Å². The van der Waals surface area contributed by atoms with Gasteiger partial charge in [-0.2, -0.15) is 0 Å². The van der Waals surface area contributed by atoms with Gasteiger partial charge in [0.25, 0.3) is 5.91 Å². The van der Waals surface area contributed by atoms with Crippen molar-refractivity contribution in [3.05, 3.63) is 25.3 Å². The number of rotatable bonds is 10. The first-order valence-electron chi connectivity index (χ1n) is 8.02. The van der Waals surface area contributed by atoms with Crippen LogP contribution in [0, 0.1) is 0 Å². The Bertz CT molecular complexity index is 437. The Morgan fingerprint density at radius 1 is 1.23 bits per heavy atom. The second kappa shape index (κ2) is 7.58. The molecule has 5 heteroatoms. The third-order valence-electron chi connectivity index (χ3n) is 4.23. The highest BCUT2D eigenvalue weighted by Crippen LogP contribution is 2.31. The summed E-state index contributed by atoms with van der Waals surface area (Å²) in [5, 5.41) is 2.82. The highest BCUT2D eigenvalue weighted by molar-refractivity contribution is 6.07. The third kappa shape index (κ3) is 3.77. The molecule has 22 heavy (non-hydrogen) atoms. The number of nitrogens with one attached hydrogen (secondary N) is 1. The molecule has 5 nitrogen and oxygen atoms in total. The normalized spacial score (nSPS) is 21.9. The zero-order valence-electron chi connectivity index (χ0n) is 13.9. The molecule has 1 heterocycles. The summed E-state index contributed by atoms with van der Waals surface area (Å²) in [7, 11) is 0. The fraction of sp³-hybridized carbons (Fsp3) is 0.647. The molecule has 1 fully saturated rings. The van der Waals surface area contributed by atoms with E-state index in [4.69, 9.17) is 5.73 Å². The van der Waals surface area contributed by atoms with Gasteiger partial charge < -0.3 is 11.1 Å². The van der Waals surface area contributed by atoms with Crippen molar-refractivity contribution in [1.29, 1.82) is 0 Å². The van der Waals surface area contributed by atoms with Crippen LogP contribution in [0.1, 0.15) is 58.8 Å². The van der Waals surface area contributed by atoms with Gasteiger partial charge in [0.1, 0.15) is 11.2 Å². The molecule has 0 bridgehead atoms. The topological polar surface area (TPSA) is 75.4 Å². The third-order valence-corrected chi connectivity index (χ3v) is 4.23. The minimum Gasteiger partial charge on any atom is -0.323 e. The van der Waals surface area contributed by atoms with Crippen LogP contribution < -0.4 is 11.1 Å². The van der Waals surface area contributed by atoms with Crippen molar-refractivity contribution in [3.63, 3.8) is 0 Å². The van der Waals surface area contributed by atoms with E-state index < -0.39 is 17.2 Å². The van der Waals surface area contributed by atoms with E-state index in [0.717, 1.165) is 30.6 Å². The molecule has 0 aliphatic carbocycles. The Hall–Kier alpha value is -1.62. The van der Waals surface area contributed by atoms with Gasteiger partial charge in [0.2, 0.25) is 0 Å². The quantitative estimate of drug-likeness (QED) is 0.370. The molecule has 0 aromatic carbocycles. The lowest BCUT2D eigenvalue weighted by Crippen LogP contribution is -2.59. The molecule has 3 amide bonds. The van der Waals surface area contributed by atoms with Crippen molar-refractivity contribution in [2.75, 3.05) is 0 Å². The van der Waals surface area contributed by atoms with Gasteiger partial charge in [-0.05, 0) is 13.3 Å². The maximum Gasteiger partial charge on any atom is 0.326 e. The number of urea groups is 1. The molecular weight excluding hydrogens is 278 g/mol. The molecule has 1 unspecified atom stereocenters. The average molecular weight is 307 g/mol. The number of imide groups is 1. The van der Waals surface area contributed by atoms with Gasteiger partial charge in [-0.25, -0.2) is 9.69 Å². The Kier molecular flexibility index (Phi) is 6.35. The van der Waals surface area contributed by atoms with Crippen molar-refractivity contribution in [2.45, 2.75) is 70.0 Å². The van der Waals surface area contributed by atoms with Crippen molar-refractivity contribution in [3.8, 4) is 0 Å². The average Bonchev–Trinajstić information content (AvgIpc) is 2.66. The predicted molar refractivity (Wildman–Crippen MR) is 89.1 cm³/mol. The molecule has 0 radical (unpaired) electrons. The van der Waals surface area contributed by atoms with Gasteiger partial charge in [-0.1, -0.05) is 44.8 Å². The van der Waals surface area contributed by atoms with Gasteiger partial charge in [-0.3, -0.25) is 4.79 Å². The first-order chi connectivity index (χ1) is 10.3. The molecule has 1 saturated heterocycles. The Balaban J connectivity index is 2.90. The summed E-state index contributed by atoms with van der Waals surface area (Å²) < 4.78 is 0. The number of nitrogens with zero attached hydrogens (tertiary/aromatic N) is 1. The Labute approximate surface area is 133 Å². The fourth-order valence-electron chi connectivity index (χ4n) is 2.93. The first-order valence-corrected chi connectivity index (χ1v) is 8.02. The molecule has 1 aliphatic heterocycles. The van der Waals surface area contributed by atoms with Gasteiger partial charge in [0, 0.05) is 12.8 Å². The first kappa shape index (κ1) is 18.4. The number of carbonyl (C=O) groups is 2. The van der Waals surface area contributed by atoms with Crippen molar-refractivity contribution in [2.24, 2.45) is 5.73 Å². The van der Waals surface area contributed by atoms with E-state index >= 15 is 0 Å². The molecule has 1 atom stereocenters. The second-order valence-electron chi connectivity index (χ2n) is 6.30. The molecule has 124 valence electrons. The van der Waals surface area contributed by atoms with E-state index in [2.05, 4.69) is 25.4 Å². The van der Waals surface area contributed by atoms with E-state index in [1.165, 1.54) is 0 Å². The van der Waals surface area contributed by atoms with Crippen LogP contribution in [0.2, 0.25) is 0 Å². The summed E-state index contributed by atoms with van der Waals surface area (Å²) in [5.74, 6) is -0.250. The van der Waals surface area contributed by atoms with E-state index in [0.29, 0.717) is 19.3 Å². The maximum absolute atomic E-state index is 12.8. The summed E-state index contributed by atoms with van der Waals surface area (Å²) in [4.78, 5) is 26.3. The van der Waals surface area contributed by atoms with Crippen LogP contribution in [-0.4, -0.2) is 28.0 Å². The number of hydrogen-bond acceptors (Lipinski definition) is 3. The van der Waals surface area contributed by atoms with Gasteiger partial charge in [0.15, 0.2) is 0 Å². The van der Waals surface area contributed by atoms with Crippen LogP contribution in [0.5, 0.6) is 0 Å². The number of hydrogen-bond donors (Lipinski definition) is 2. The largest absolute Gasteiger partial charge is 0.326 e. The van der Waals surface area contributed by atoms with Gasteiger partial charge in [-0.15, -0.1) is 13.2 Å². The zero-order valence-corrected chi connectivity index (χ0v) is 13.9. The molecule has 0 aromatic rings. The molecule has 0 saturated carbocycles. The lowest BCUT2D eigenvalue weighted by molar-refractivity contribution is -0.135. The van der Waals surface area contributed by atoms with E-state index in [9.17, 15) is 9.59 Å². The van der Waals surface area contributed by atoms with Crippen molar-refractivity contribution in [1.82, 2.24) is 10.2 Å². The van der Waals surface area contributed by atoms with Crippen molar-refractivity contribution < 1.29 is 9.59 Å². The molecule has 3 N–H and O–H groups in total. The lowest BCUT2D eigenvalue weighted by Gasteiger charge is -2.35. The van der Waals surface area contributed by atoms with Crippen LogP contribution in [-0.2, 0) is 4.79 Å². The Morgan fingerprint density at radius 2 is 1.82 bits per heavy atom. The predicted octanol–water partition coefficient (Wildman–Crippen LogP) is 3.07. The van der Waals surface area contributed by atoms with E-state index in [1.54, 1.807) is 19.1 Å². The van der Waals surface area contributed by atoms with Crippen LogP contribution in [0.3, 0.4) is 0 Å². The summed E-state index contributed by atoms with van der Waals surface area (Å²) in [6.45, 7) is 11.3. The number of carbonyl (C=O) groups excluding carboxylic acids is 2. The van der Waals surface area contributed by atoms with Crippen LogP contribution in [0.15, 0.2) is 25.3 Å². The van der Waals surface area contributed by atoms with Crippen LogP contribution >= 0.6 is 0 Å². The van der Waals surface area contributed by atoms with Gasteiger partial charge >= 0.3 is 6.03 Å². The summed E-state index contributed by atoms with van der Waals surface area (Å²) in [5.41, 5.74) is 4.35. The Morgan fingerprint density at radius 3 is 2.32 bits per heavy atom.